The fourth-order valence-electron chi connectivity index (χ4n) is 8.12. The van der Waals surface area contributed by atoms with Gasteiger partial charge in [-0.05, 0) is 35.4 Å². The summed E-state index contributed by atoms with van der Waals surface area (Å²) >= 11 is 0. The fraction of sp³-hybridized carbons (Fsp3) is 0.630. The third-order valence-corrected chi connectivity index (χ3v) is 9.91. The molecular formula is C27H36N2O9. The van der Waals surface area contributed by atoms with Gasteiger partial charge < -0.3 is 36.6 Å². The maximum Gasteiger partial charge on any atom is 0.230 e. The van der Waals surface area contributed by atoms with Crippen molar-refractivity contribution >= 4 is 29.1 Å². The lowest BCUT2D eigenvalue weighted by molar-refractivity contribution is -0.306. The van der Waals surface area contributed by atoms with Crippen molar-refractivity contribution in [2.45, 2.75) is 71.4 Å². The first-order valence-corrected chi connectivity index (χ1v) is 12.7. The van der Waals surface area contributed by atoms with Crippen molar-refractivity contribution in [1.29, 1.82) is 0 Å². The maximum atomic E-state index is 14.0. The Morgan fingerprint density at radius 3 is 2.18 bits per heavy atom. The van der Waals surface area contributed by atoms with E-state index in [-0.39, 0.29) is 16.8 Å². The number of benzene rings is 1. The number of Topliss-reactive ketones (excluding diaryl/α,β-unsaturated/α-hetero) is 2. The highest BCUT2D eigenvalue weighted by atomic mass is 16.4. The van der Waals surface area contributed by atoms with Crippen LogP contribution in [-0.2, 0) is 14.4 Å². The van der Waals surface area contributed by atoms with Crippen LogP contribution in [-0.4, -0.2) is 72.8 Å². The summed E-state index contributed by atoms with van der Waals surface area (Å²) < 4.78 is 0. The van der Waals surface area contributed by atoms with Crippen molar-refractivity contribution in [3.63, 3.8) is 0 Å². The maximum absolute atomic E-state index is 14.0. The lowest BCUT2D eigenvalue weighted by atomic mass is 9.36. The normalized spacial score (nSPS) is 42.2. The molecule has 8 N–H and O–H groups in total. The number of nitrogens with two attached hydrogens (primary N) is 1. The molecule has 11 nitrogen and oxygen atoms in total. The van der Waals surface area contributed by atoms with Gasteiger partial charge in [-0.1, -0.05) is 34.6 Å². The van der Waals surface area contributed by atoms with Crippen LogP contribution >= 0.6 is 0 Å². The van der Waals surface area contributed by atoms with E-state index in [9.17, 15) is 44.7 Å². The number of rotatable bonds is 3. The predicted octanol–water partition coefficient (Wildman–Crippen LogP) is 0.0630. The molecule has 2 unspecified atom stereocenters. The van der Waals surface area contributed by atoms with Gasteiger partial charge in [0, 0.05) is 23.4 Å². The Morgan fingerprint density at radius 1 is 1.11 bits per heavy atom. The van der Waals surface area contributed by atoms with Gasteiger partial charge in [-0.15, -0.1) is 0 Å². The first-order chi connectivity index (χ1) is 17.4. The lowest BCUT2D eigenvalue weighted by Gasteiger charge is -2.69. The summed E-state index contributed by atoms with van der Waals surface area (Å²) in [5.74, 6) is -10.1. The van der Waals surface area contributed by atoms with Crippen LogP contribution in [0, 0.1) is 34.5 Å². The smallest absolute Gasteiger partial charge is 0.230 e. The molecule has 0 bridgehead atoms. The number of hydrogen-bond acceptors (Lipinski definition) is 9. The molecule has 0 spiro atoms. The number of carbonyl (C=O) groups excluding carboxylic acids is 4. The Morgan fingerprint density at radius 2 is 1.68 bits per heavy atom. The number of phenols is 1. The van der Waals surface area contributed by atoms with Crippen molar-refractivity contribution in [3.8, 4) is 5.75 Å². The average Bonchev–Trinajstić information content (AvgIpc) is 2.80. The van der Waals surface area contributed by atoms with Crippen molar-refractivity contribution < 1.29 is 44.7 Å². The molecule has 0 aromatic heterocycles. The SMILES string of the molecule is CC(=O)Nc1ccc(O)c2c1[C@@H](C)[C@@]1(C)[C@H](C2=O)C(O)[C@@]2(O)C(=O)[C@H](C(N)=O)C(O)[C@H](C(C)C)[C@@]2(C)[C@@H]1O. The molecule has 0 saturated heterocycles. The van der Waals surface area contributed by atoms with Gasteiger partial charge in [0.1, 0.15) is 17.8 Å². The number of hydrogen-bond donors (Lipinski definition) is 7. The van der Waals surface area contributed by atoms with Crippen molar-refractivity contribution in [2.75, 3.05) is 5.32 Å². The van der Waals surface area contributed by atoms with Crippen molar-refractivity contribution in [1.82, 2.24) is 0 Å². The highest BCUT2D eigenvalue weighted by Crippen LogP contribution is 2.68. The van der Waals surface area contributed by atoms with E-state index in [2.05, 4.69) is 5.32 Å². The lowest BCUT2D eigenvalue weighted by Crippen LogP contribution is -2.83. The zero-order chi connectivity index (χ0) is 28.9. The van der Waals surface area contributed by atoms with Crippen LogP contribution in [0.5, 0.6) is 5.75 Å². The number of carbonyl (C=O) groups is 4. The van der Waals surface area contributed by atoms with Crippen LogP contribution in [0.3, 0.4) is 0 Å². The second-order valence-electron chi connectivity index (χ2n) is 11.9. The number of aliphatic hydroxyl groups excluding tert-OH is 3. The summed E-state index contributed by atoms with van der Waals surface area (Å²) in [7, 11) is 0. The largest absolute Gasteiger partial charge is 0.507 e. The highest BCUT2D eigenvalue weighted by molar-refractivity contribution is 6.10. The van der Waals surface area contributed by atoms with Gasteiger partial charge in [-0.2, -0.15) is 0 Å². The number of fused-ring (bicyclic) bond motifs is 3. The molecule has 3 aliphatic carbocycles. The summed E-state index contributed by atoms with van der Waals surface area (Å²) in [6.45, 7) is 9.20. The zero-order valence-electron chi connectivity index (χ0n) is 22.2. The number of nitrogens with one attached hydrogen (secondary N) is 1. The number of aliphatic hydroxyl groups is 4. The van der Waals surface area contributed by atoms with E-state index < -0.39 is 93.5 Å². The quantitative estimate of drug-likeness (QED) is 0.207. The molecule has 1 aromatic rings. The van der Waals surface area contributed by atoms with E-state index >= 15 is 0 Å². The minimum absolute atomic E-state index is 0.208. The Hall–Kier alpha value is -2.86. The zero-order valence-corrected chi connectivity index (χ0v) is 22.2. The first-order valence-electron chi connectivity index (χ1n) is 12.7. The molecule has 0 aliphatic heterocycles. The Labute approximate surface area is 220 Å². The van der Waals surface area contributed by atoms with Crippen molar-refractivity contribution in [2.24, 2.45) is 40.2 Å². The molecular weight excluding hydrogens is 496 g/mol. The van der Waals surface area contributed by atoms with Gasteiger partial charge in [-0.3, -0.25) is 19.2 Å². The minimum atomic E-state index is -2.85. The molecule has 38 heavy (non-hydrogen) atoms. The summed E-state index contributed by atoms with van der Waals surface area (Å²) in [4.78, 5) is 52.0. The van der Waals surface area contributed by atoms with E-state index in [1.54, 1.807) is 20.8 Å². The number of anilines is 1. The average molecular weight is 533 g/mol. The van der Waals surface area contributed by atoms with Crippen LogP contribution < -0.4 is 11.1 Å². The third-order valence-electron chi connectivity index (χ3n) is 9.91. The van der Waals surface area contributed by atoms with Gasteiger partial charge in [0.15, 0.2) is 17.2 Å². The molecule has 2 saturated carbocycles. The Bertz CT molecular complexity index is 1250. The summed E-state index contributed by atoms with van der Waals surface area (Å²) in [5, 5.41) is 60.6. The molecule has 3 aliphatic rings. The van der Waals surface area contributed by atoms with Gasteiger partial charge in [-0.25, -0.2) is 0 Å². The fourth-order valence-corrected chi connectivity index (χ4v) is 8.12. The summed E-state index contributed by atoms with van der Waals surface area (Å²) in [6, 6.07) is 2.64. The highest BCUT2D eigenvalue weighted by Gasteiger charge is 2.80. The number of amides is 2. The molecule has 4 rings (SSSR count). The predicted molar refractivity (Wildman–Crippen MR) is 134 cm³/mol. The van der Waals surface area contributed by atoms with E-state index in [1.165, 1.54) is 32.9 Å². The monoisotopic (exact) mass is 532 g/mol. The molecule has 2 fully saturated rings. The molecule has 10 atom stereocenters. The third kappa shape index (κ3) is 3.10. The Kier molecular flexibility index (Phi) is 6.35. The topological polar surface area (TPSA) is 207 Å². The van der Waals surface area contributed by atoms with Gasteiger partial charge in [0.25, 0.3) is 0 Å². The van der Waals surface area contributed by atoms with E-state index in [1.807, 2.05) is 0 Å². The van der Waals surface area contributed by atoms with E-state index in [0.717, 1.165) is 0 Å². The van der Waals surface area contributed by atoms with E-state index in [4.69, 9.17) is 5.73 Å². The molecule has 2 amide bonds. The van der Waals surface area contributed by atoms with Crippen molar-refractivity contribution in [3.05, 3.63) is 23.3 Å². The van der Waals surface area contributed by atoms with Crippen LogP contribution in [0.2, 0.25) is 0 Å². The standard InChI is InChI=1S/C27H36N2O9/c1-9(2)17-20(33)16(23(28)36)21(34)27(38)22(35)18-19(32)15-13(31)8-7-12(29-11(4)30)14(15)10(3)25(18,5)24(37)26(17,27)6/h7-10,16-18,20,22,24,31,33,35,37-38H,1-6H3,(H2,28,36)(H,29,30)/t10-,16-,17+,18-,20?,22?,24-,25+,26+,27+/m1/s1. The first kappa shape index (κ1) is 28.2. The molecule has 0 radical (unpaired) electrons. The molecule has 1 aromatic carbocycles. The number of ketones is 2. The van der Waals surface area contributed by atoms with Crippen LogP contribution in [0.15, 0.2) is 12.1 Å². The second kappa shape index (κ2) is 8.57. The second-order valence-corrected chi connectivity index (χ2v) is 11.9. The summed E-state index contributed by atoms with van der Waals surface area (Å²) in [6.07, 6.45) is -5.49. The summed E-state index contributed by atoms with van der Waals surface area (Å²) in [5.41, 5.74) is -0.631. The number of aromatic hydroxyl groups is 1. The van der Waals surface area contributed by atoms with Crippen LogP contribution in [0.25, 0.3) is 0 Å². The molecule has 0 heterocycles. The van der Waals surface area contributed by atoms with E-state index in [0.29, 0.717) is 0 Å². The number of primary amides is 1. The Balaban J connectivity index is 2.06. The van der Waals surface area contributed by atoms with Crippen LogP contribution in [0.1, 0.15) is 63.4 Å². The van der Waals surface area contributed by atoms with Gasteiger partial charge >= 0.3 is 0 Å². The molecule has 208 valence electrons. The minimum Gasteiger partial charge on any atom is -0.507 e. The number of phenolic OH excluding ortho intramolecular Hbond substituents is 1. The molecule has 11 heteroatoms. The van der Waals surface area contributed by atoms with Gasteiger partial charge in [0.2, 0.25) is 11.8 Å². The van der Waals surface area contributed by atoms with Gasteiger partial charge in [0.05, 0.1) is 23.7 Å². The van der Waals surface area contributed by atoms with Crippen LogP contribution in [0.4, 0.5) is 5.69 Å².